The van der Waals surface area contributed by atoms with Gasteiger partial charge < -0.3 is 10.1 Å². The number of rotatable bonds is 7. The monoisotopic (exact) mass is 396 g/mol. The number of ether oxygens (including phenoxy) is 1. The van der Waals surface area contributed by atoms with E-state index in [1.54, 1.807) is 12.1 Å². The Morgan fingerprint density at radius 3 is 2.42 bits per heavy atom. The summed E-state index contributed by atoms with van der Waals surface area (Å²) in [7, 11) is -2.08. The standard InChI is InChI=1S/C18H21ClN2O4S/c1-4-9-20-26(23,24)14-7-5-13(6-8-14)18(22)21-16-10-12(2)15(19)11-17(16)25-3/h5-8,10-11,20H,4,9H2,1-3H3,(H,21,22). The first-order valence-electron chi connectivity index (χ1n) is 8.03. The Kier molecular flexibility index (Phi) is 6.63. The molecule has 0 bridgehead atoms. The molecule has 0 aromatic heterocycles. The minimum absolute atomic E-state index is 0.113. The van der Waals surface area contributed by atoms with E-state index in [4.69, 9.17) is 16.3 Å². The second-order valence-corrected chi connectivity index (χ2v) is 7.85. The first-order valence-corrected chi connectivity index (χ1v) is 9.89. The molecule has 0 heterocycles. The van der Waals surface area contributed by atoms with Gasteiger partial charge in [0.05, 0.1) is 17.7 Å². The van der Waals surface area contributed by atoms with Crippen molar-refractivity contribution in [3.8, 4) is 5.75 Å². The molecule has 0 atom stereocenters. The fourth-order valence-electron chi connectivity index (χ4n) is 2.23. The number of aryl methyl sites for hydroxylation is 1. The molecule has 2 rings (SSSR count). The van der Waals surface area contributed by atoms with E-state index in [-0.39, 0.29) is 10.8 Å². The molecule has 0 aliphatic heterocycles. The van der Waals surface area contributed by atoms with Crippen LogP contribution >= 0.6 is 11.6 Å². The summed E-state index contributed by atoms with van der Waals surface area (Å²) in [5.41, 5.74) is 1.61. The van der Waals surface area contributed by atoms with Gasteiger partial charge in [-0.15, -0.1) is 0 Å². The molecule has 2 aromatic rings. The number of halogens is 1. The van der Waals surface area contributed by atoms with E-state index >= 15 is 0 Å². The third-order valence-electron chi connectivity index (χ3n) is 3.70. The number of methoxy groups -OCH3 is 1. The summed E-state index contributed by atoms with van der Waals surface area (Å²) in [5.74, 6) is 0.0624. The van der Waals surface area contributed by atoms with Gasteiger partial charge in [-0.1, -0.05) is 18.5 Å². The number of nitrogens with one attached hydrogen (secondary N) is 2. The SMILES string of the molecule is CCCNS(=O)(=O)c1ccc(C(=O)Nc2cc(C)c(Cl)cc2OC)cc1. The van der Waals surface area contributed by atoms with Gasteiger partial charge in [0.2, 0.25) is 10.0 Å². The molecule has 8 heteroatoms. The lowest BCUT2D eigenvalue weighted by atomic mass is 10.1. The highest BCUT2D eigenvalue weighted by atomic mass is 35.5. The molecular weight excluding hydrogens is 376 g/mol. The van der Waals surface area contributed by atoms with Crippen LogP contribution in [-0.4, -0.2) is 28.0 Å². The molecule has 2 N–H and O–H groups in total. The van der Waals surface area contributed by atoms with Gasteiger partial charge in [-0.05, 0) is 49.2 Å². The van der Waals surface area contributed by atoms with Crippen molar-refractivity contribution in [3.05, 3.63) is 52.5 Å². The van der Waals surface area contributed by atoms with Crippen molar-refractivity contribution in [2.75, 3.05) is 19.0 Å². The van der Waals surface area contributed by atoms with Gasteiger partial charge in [0.1, 0.15) is 5.75 Å². The van der Waals surface area contributed by atoms with Crippen LogP contribution in [-0.2, 0) is 10.0 Å². The summed E-state index contributed by atoms with van der Waals surface area (Å²) in [6.07, 6.45) is 0.696. The molecule has 2 aromatic carbocycles. The molecule has 0 radical (unpaired) electrons. The second kappa shape index (κ2) is 8.53. The fraction of sp³-hybridized carbons (Fsp3) is 0.278. The Morgan fingerprint density at radius 1 is 1.19 bits per heavy atom. The molecule has 6 nitrogen and oxygen atoms in total. The van der Waals surface area contributed by atoms with Gasteiger partial charge in [0.25, 0.3) is 5.91 Å². The van der Waals surface area contributed by atoms with Gasteiger partial charge in [-0.2, -0.15) is 0 Å². The molecule has 0 saturated carbocycles. The van der Waals surface area contributed by atoms with E-state index in [1.807, 2.05) is 13.8 Å². The molecule has 0 fully saturated rings. The predicted octanol–water partition coefficient (Wildman–Crippen LogP) is 3.60. The first-order chi connectivity index (χ1) is 12.3. The normalized spacial score (nSPS) is 11.2. The Bertz CT molecular complexity index is 896. The van der Waals surface area contributed by atoms with E-state index < -0.39 is 10.0 Å². The highest BCUT2D eigenvalue weighted by molar-refractivity contribution is 7.89. The lowest BCUT2D eigenvalue weighted by Crippen LogP contribution is -2.24. The van der Waals surface area contributed by atoms with Crippen LogP contribution < -0.4 is 14.8 Å². The average molecular weight is 397 g/mol. The van der Waals surface area contributed by atoms with Crippen LogP contribution in [0.3, 0.4) is 0 Å². The molecule has 0 aliphatic carbocycles. The van der Waals surface area contributed by atoms with Crippen molar-refractivity contribution in [2.24, 2.45) is 0 Å². The van der Waals surface area contributed by atoms with E-state index in [1.165, 1.54) is 31.4 Å². The number of amides is 1. The minimum atomic E-state index is -3.56. The predicted molar refractivity (Wildman–Crippen MR) is 103 cm³/mol. The third kappa shape index (κ3) is 4.75. The Morgan fingerprint density at radius 2 is 1.85 bits per heavy atom. The summed E-state index contributed by atoms with van der Waals surface area (Å²) >= 11 is 6.06. The summed E-state index contributed by atoms with van der Waals surface area (Å²) in [4.78, 5) is 12.6. The maximum atomic E-state index is 12.4. The quantitative estimate of drug-likeness (QED) is 0.748. The molecular formula is C18H21ClN2O4S. The minimum Gasteiger partial charge on any atom is -0.495 e. The lowest BCUT2D eigenvalue weighted by Gasteiger charge is -2.12. The van der Waals surface area contributed by atoms with E-state index in [0.717, 1.165) is 5.56 Å². The van der Waals surface area contributed by atoms with Crippen LogP contribution in [0.4, 0.5) is 5.69 Å². The molecule has 1 amide bonds. The number of benzene rings is 2. The van der Waals surface area contributed by atoms with Crippen LogP contribution in [0.1, 0.15) is 29.3 Å². The summed E-state index contributed by atoms with van der Waals surface area (Å²) in [6, 6.07) is 9.07. The number of anilines is 1. The Labute approximate surface area is 158 Å². The molecule has 140 valence electrons. The zero-order valence-corrected chi connectivity index (χ0v) is 16.4. The van der Waals surface area contributed by atoms with Crippen LogP contribution in [0.5, 0.6) is 5.75 Å². The smallest absolute Gasteiger partial charge is 0.255 e. The maximum absolute atomic E-state index is 12.4. The van der Waals surface area contributed by atoms with Gasteiger partial charge in [0.15, 0.2) is 0 Å². The topological polar surface area (TPSA) is 84.5 Å². The largest absolute Gasteiger partial charge is 0.495 e. The molecule has 0 unspecified atom stereocenters. The zero-order valence-electron chi connectivity index (χ0n) is 14.8. The number of carbonyl (C=O) groups excluding carboxylic acids is 1. The number of carbonyl (C=O) groups is 1. The second-order valence-electron chi connectivity index (χ2n) is 5.68. The van der Waals surface area contributed by atoms with E-state index in [0.29, 0.717) is 35.0 Å². The van der Waals surface area contributed by atoms with Crippen molar-refractivity contribution in [2.45, 2.75) is 25.2 Å². The Hall–Kier alpha value is -2.09. The van der Waals surface area contributed by atoms with Crippen LogP contribution in [0.25, 0.3) is 0 Å². The van der Waals surface area contributed by atoms with Gasteiger partial charge in [-0.3, -0.25) is 4.79 Å². The maximum Gasteiger partial charge on any atom is 0.255 e. The van der Waals surface area contributed by atoms with Crippen molar-refractivity contribution >= 4 is 33.2 Å². The van der Waals surface area contributed by atoms with E-state index in [9.17, 15) is 13.2 Å². The van der Waals surface area contributed by atoms with Crippen LogP contribution in [0.15, 0.2) is 41.3 Å². The number of hydrogen-bond acceptors (Lipinski definition) is 4. The van der Waals surface area contributed by atoms with Gasteiger partial charge >= 0.3 is 0 Å². The van der Waals surface area contributed by atoms with E-state index in [2.05, 4.69) is 10.0 Å². The van der Waals surface area contributed by atoms with Crippen molar-refractivity contribution in [3.63, 3.8) is 0 Å². The summed E-state index contributed by atoms with van der Waals surface area (Å²) < 4.78 is 31.9. The molecule has 0 saturated heterocycles. The fourth-order valence-corrected chi connectivity index (χ4v) is 3.52. The van der Waals surface area contributed by atoms with Gasteiger partial charge in [-0.25, -0.2) is 13.1 Å². The summed E-state index contributed by atoms with van der Waals surface area (Å²) in [6.45, 7) is 4.06. The van der Waals surface area contributed by atoms with Crippen LogP contribution in [0.2, 0.25) is 5.02 Å². The zero-order chi connectivity index (χ0) is 19.3. The average Bonchev–Trinajstić information content (AvgIpc) is 2.63. The highest BCUT2D eigenvalue weighted by Gasteiger charge is 2.15. The highest BCUT2D eigenvalue weighted by Crippen LogP contribution is 2.31. The molecule has 0 spiro atoms. The first kappa shape index (κ1) is 20.2. The number of hydrogen-bond donors (Lipinski definition) is 2. The van der Waals surface area contributed by atoms with Crippen molar-refractivity contribution in [1.82, 2.24) is 4.72 Å². The summed E-state index contributed by atoms with van der Waals surface area (Å²) in [5, 5.41) is 3.29. The lowest BCUT2D eigenvalue weighted by molar-refractivity contribution is 0.102. The van der Waals surface area contributed by atoms with Gasteiger partial charge in [0, 0.05) is 23.2 Å². The Balaban J connectivity index is 2.20. The number of sulfonamides is 1. The van der Waals surface area contributed by atoms with Crippen molar-refractivity contribution in [1.29, 1.82) is 0 Å². The molecule has 0 aliphatic rings. The molecule has 26 heavy (non-hydrogen) atoms. The van der Waals surface area contributed by atoms with Crippen molar-refractivity contribution < 1.29 is 17.9 Å². The third-order valence-corrected chi connectivity index (χ3v) is 5.58. The van der Waals surface area contributed by atoms with Crippen LogP contribution in [0, 0.1) is 6.92 Å².